The maximum absolute atomic E-state index is 14.5. The molecule has 31 heavy (non-hydrogen) atoms. The molecule has 0 aliphatic heterocycles. The lowest BCUT2D eigenvalue weighted by Gasteiger charge is -2.33. The molecule has 2 amide bonds. The quantitative estimate of drug-likeness (QED) is 0.575. The first-order chi connectivity index (χ1) is 14.8. The van der Waals surface area contributed by atoms with Crippen molar-refractivity contribution in [1.82, 2.24) is 24.8 Å². The van der Waals surface area contributed by atoms with Crippen molar-refractivity contribution in [2.24, 2.45) is 0 Å². The van der Waals surface area contributed by atoms with Crippen molar-refractivity contribution < 1.29 is 14.0 Å². The second-order valence-electron chi connectivity index (χ2n) is 7.70. The average Bonchev–Trinajstić information content (AvgIpc) is 3.29. The first-order valence-electron chi connectivity index (χ1n) is 9.87. The van der Waals surface area contributed by atoms with Gasteiger partial charge in [-0.1, -0.05) is 35.7 Å². The van der Waals surface area contributed by atoms with Crippen molar-refractivity contribution in [3.8, 4) is 0 Å². The maximum atomic E-state index is 14.5. The van der Waals surface area contributed by atoms with E-state index in [4.69, 9.17) is 0 Å². The van der Waals surface area contributed by atoms with Gasteiger partial charge < -0.3 is 10.2 Å². The smallest absolute Gasteiger partial charge is 0.276 e. The fraction of sp³-hybridized carbons (Fsp3) is 0.318. The third kappa shape index (κ3) is 5.49. The predicted molar refractivity (Wildman–Crippen MR) is 116 cm³/mol. The molecule has 1 N–H and O–H groups in total. The summed E-state index contributed by atoms with van der Waals surface area (Å²) in [7, 11) is 0. The highest BCUT2D eigenvalue weighted by atomic mass is 32.1. The number of aromatic nitrogens is 3. The number of hydrogen-bond acceptors (Lipinski definition) is 6. The van der Waals surface area contributed by atoms with E-state index in [1.165, 1.54) is 16.3 Å². The summed E-state index contributed by atoms with van der Waals surface area (Å²) >= 11 is 1.03. The Balaban J connectivity index is 2.08. The summed E-state index contributed by atoms with van der Waals surface area (Å²) in [6.07, 6.45) is 2.24. The molecule has 0 saturated heterocycles. The van der Waals surface area contributed by atoms with E-state index in [1.54, 1.807) is 42.6 Å². The molecule has 0 saturated carbocycles. The van der Waals surface area contributed by atoms with E-state index in [-0.39, 0.29) is 17.8 Å². The summed E-state index contributed by atoms with van der Waals surface area (Å²) in [4.78, 5) is 32.4. The molecule has 0 bridgehead atoms. The number of nitrogens with zero attached hydrogens (tertiary/aromatic N) is 4. The number of carbonyl (C=O) groups excluding carboxylic acids is 2. The number of amides is 2. The summed E-state index contributed by atoms with van der Waals surface area (Å²) in [5.74, 6) is -1.40. The Hall–Kier alpha value is -3.20. The number of pyridine rings is 1. The standard InChI is InChI=1S/C22H24FN5O2S/c1-4-22(2,3)25-20(29)19(17-11-7-8-12-24-17)28(21(30)18-14-31-27-26-18)13-15-9-5-6-10-16(15)23/h5-12,14,19H,4,13H2,1-3H3,(H,25,29)/t19-/m0/s1. The number of nitrogens with one attached hydrogen (secondary N) is 1. The normalized spacial score (nSPS) is 12.3. The summed E-state index contributed by atoms with van der Waals surface area (Å²) in [6.45, 7) is 5.62. The molecule has 3 rings (SSSR count). The van der Waals surface area contributed by atoms with Gasteiger partial charge in [-0.3, -0.25) is 14.6 Å². The monoisotopic (exact) mass is 441 g/mol. The maximum Gasteiger partial charge on any atom is 0.276 e. The fourth-order valence-corrected chi connectivity index (χ4v) is 3.39. The largest absolute Gasteiger partial charge is 0.349 e. The summed E-state index contributed by atoms with van der Waals surface area (Å²) < 4.78 is 18.2. The zero-order valence-electron chi connectivity index (χ0n) is 17.6. The SMILES string of the molecule is CCC(C)(C)NC(=O)[C@H](c1ccccn1)N(Cc1ccccc1F)C(=O)c1csnn1. The summed E-state index contributed by atoms with van der Waals surface area (Å²) in [5.41, 5.74) is 0.242. The summed E-state index contributed by atoms with van der Waals surface area (Å²) in [5, 5.41) is 8.34. The van der Waals surface area contributed by atoms with Crippen LogP contribution < -0.4 is 5.32 Å². The molecule has 9 heteroatoms. The Kier molecular flexibility index (Phi) is 7.06. The molecule has 2 heterocycles. The molecule has 162 valence electrons. The Bertz CT molecular complexity index is 1030. The lowest BCUT2D eigenvalue weighted by Crippen LogP contribution is -2.50. The Morgan fingerprint density at radius 3 is 2.55 bits per heavy atom. The molecule has 0 spiro atoms. The van der Waals surface area contributed by atoms with Crippen LogP contribution in [-0.2, 0) is 11.3 Å². The minimum atomic E-state index is -1.08. The van der Waals surface area contributed by atoms with Crippen molar-refractivity contribution in [1.29, 1.82) is 0 Å². The number of benzene rings is 1. The lowest BCUT2D eigenvalue weighted by atomic mass is 10.00. The Labute approximate surface area is 184 Å². The van der Waals surface area contributed by atoms with Crippen LogP contribution in [0.5, 0.6) is 0 Å². The van der Waals surface area contributed by atoms with Crippen molar-refractivity contribution >= 4 is 23.3 Å². The van der Waals surface area contributed by atoms with E-state index < -0.39 is 29.2 Å². The van der Waals surface area contributed by atoms with Gasteiger partial charge in [-0.2, -0.15) is 0 Å². The van der Waals surface area contributed by atoms with E-state index in [0.717, 1.165) is 11.5 Å². The van der Waals surface area contributed by atoms with E-state index >= 15 is 0 Å². The topological polar surface area (TPSA) is 88.1 Å². The first-order valence-corrected chi connectivity index (χ1v) is 10.7. The van der Waals surface area contributed by atoms with E-state index in [9.17, 15) is 14.0 Å². The molecule has 0 radical (unpaired) electrons. The molecule has 0 aliphatic rings. The minimum absolute atomic E-state index is 0.0878. The molecule has 0 aliphatic carbocycles. The second kappa shape index (κ2) is 9.74. The highest BCUT2D eigenvalue weighted by molar-refractivity contribution is 7.03. The van der Waals surface area contributed by atoms with Crippen LogP contribution in [0.25, 0.3) is 0 Å². The zero-order valence-corrected chi connectivity index (χ0v) is 18.4. The number of hydrogen-bond donors (Lipinski definition) is 1. The van der Waals surface area contributed by atoms with Crippen molar-refractivity contribution in [3.05, 3.63) is 76.8 Å². The molecule has 3 aromatic rings. The van der Waals surface area contributed by atoms with Gasteiger partial charge in [0.15, 0.2) is 11.7 Å². The molecular weight excluding hydrogens is 417 g/mol. The van der Waals surface area contributed by atoms with Gasteiger partial charge in [-0.05, 0) is 50.0 Å². The van der Waals surface area contributed by atoms with E-state index in [1.807, 2.05) is 20.8 Å². The van der Waals surface area contributed by atoms with Crippen molar-refractivity contribution in [3.63, 3.8) is 0 Å². The highest BCUT2D eigenvalue weighted by Gasteiger charge is 2.36. The van der Waals surface area contributed by atoms with Gasteiger partial charge in [-0.15, -0.1) is 5.10 Å². The van der Waals surface area contributed by atoms with Crippen LogP contribution in [0.4, 0.5) is 4.39 Å². The number of rotatable bonds is 8. The third-order valence-electron chi connectivity index (χ3n) is 5.01. The lowest BCUT2D eigenvalue weighted by molar-refractivity contribution is -0.128. The van der Waals surface area contributed by atoms with E-state index in [0.29, 0.717) is 12.1 Å². The average molecular weight is 442 g/mol. The molecular formula is C22H24FN5O2S. The van der Waals surface area contributed by atoms with Gasteiger partial charge in [0, 0.05) is 22.7 Å². The minimum Gasteiger partial charge on any atom is -0.349 e. The molecule has 0 unspecified atom stereocenters. The molecule has 0 fully saturated rings. The van der Waals surface area contributed by atoms with Crippen molar-refractivity contribution in [2.75, 3.05) is 0 Å². The van der Waals surface area contributed by atoms with Crippen LogP contribution in [0.2, 0.25) is 0 Å². The van der Waals surface area contributed by atoms with Crippen LogP contribution in [0, 0.1) is 5.82 Å². The van der Waals surface area contributed by atoms with Gasteiger partial charge >= 0.3 is 0 Å². The molecule has 1 atom stereocenters. The van der Waals surface area contributed by atoms with Gasteiger partial charge in [0.05, 0.1) is 12.2 Å². The zero-order chi connectivity index (χ0) is 22.4. The number of carbonyl (C=O) groups is 2. The molecule has 1 aromatic carbocycles. The van der Waals surface area contributed by atoms with Crippen LogP contribution in [0.1, 0.15) is 55.0 Å². The Morgan fingerprint density at radius 1 is 1.19 bits per heavy atom. The van der Waals surface area contributed by atoms with Crippen LogP contribution >= 0.6 is 11.5 Å². The first kappa shape index (κ1) is 22.5. The molecule has 2 aromatic heterocycles. The predicted octanol–water partition coefficient (Wildman–Crippen LogP) is 3.76. The molecule has 7 nitrogen and oxygen atoms in total. The second-order valence-corrected chi connectivity index (χ2v) is 8.31. The number of halogens is 1. The van der Waals surface area contributed by atoms with Gasteiger partial charge in [-0.25, -0.2) is 4.39 Å². The third-order valence-corrected chi connectivity index (χ3v) is 5.52. The van der Waals surface area contributed by atoms with Crippen LogP contribution in [0.15, 0.2) is 54.0 Å². The van der Waals surface area contributed by atoms with E-state index in [2.05, 4.69) is 19.9 Å². The van der Waals surface area contributed by atoms with Crippen LogP contribution in [-0.4, -0.2) is 36.8 Å². The summed E-state index contributed by atoms with van der Waals surface area (Å²) in [6, 6.07) is 10.2. The highest BCUT2D eigenvalue weighted by Crippen LogP contribution is 2.26. The Morgan fingerprint density at radius 2 is 1.94 bits per heavy atom. The van der Waals surface area contributed by atoms with Gasteiger partial charge in [0.2, 0.25) is 5.91 Å². The van der Waals surface area contributed by atoms with Gasteiger partial charge in [0.25, 0.3) is 5.91 Å². The fourth-order valence-electron chi connectivity index (χ4n) is 2.96. The van der Waals surface area contributed by atoms with Gasteiger partial charge in [0.1, 0.15) is 5.82 Å². The van der Waals surface area contributed by atoms with Crippen LogP contribution in [0.3, 0.4) is 0 Å². The van der Waals surface area contributed by atoms with Crippen molar-refractivity contribution in [2.45, 2.75) is 45.3 Å².